The zero-order valence-corrected chi connectivity index (χ0v) is 8.85. The molecule has 0 radical (unpaired) electrons. The molecule has 1 heterocycles. The molecule has 0 bridgehead atoms. The van der Waals surface area contributed by atoms with Crippen LogP contribution in [0.15, 0.2) is 0 Å². The summed E-state index contributed by atoms with van der Waals surface area (Å²) in [7, 11) is -5.95. The van der Waals surface area contributed by atoms with Gasteiger partial charge in [0.15, 0.2) is 0 Å². The van der Waals surface area contributed by atoms with E-state index >= 15 is 0 Å². The molecule has 1 saturated heterocycles. The van der Waals surface area contributed by atoms with Crippen molar-refractivity contribution in [2.24, 2.45) is 0 Å². The Balaban J connectivity index is 2.78. The average Bonchev–Trinajstić information content (AvgIpc) is 2.43. The van der Waals surface area contributed by atoms with Gasteiger partial charge in [-0.25, -0.2) is 4.18 Å². The third kappa shape index (κ3) is 2.86. The van der Waals surface area contributed by atoms with Gasteiger partial charge in [-0.3, -0.25) is 0 Å². The molecule has 17 heavy (non-hydrogen) atoms. The van der Waals surface area contributed by atoms with E-state index in [1.807, 2.05) is 0 Å². The van der Waals surface area contributed by atoms with E-state index in [1.54, 1.807) is 0 Å². The van der Waals surface area contributed by atoms with Crippen molar-refractivity contribution >= 4 is 10.1 Å². The Hall–Kier alpha value is -0.460. The fraction of sp³-hybridized carbons (Fsp3) is 1.00. The summed E-state index contributed by atoms with van der Waals surface area (Å²) in [6.07, 6.45) is -7.38. The second-order valence-corrected chi connectivity index (χ2v) is 4.77. The van der Waals surface area contributed by atoms with Crippen LogP contribution in [-0.4, -0.2) is 60.5 Å². The van der Waals surface area contributed by atoms with Gasteiger partial charge >= 0.3 is 15.6 Å². The number of hydrogen-bond donors (Lipinski definition) is 3. The number of aliphatic hydroxyl groups is 3. The summed E-state index contributed by atoms with van der Waals surface area (Å²) in [6.45, 7) is -0.815. The van der Waals surface area contributed by atoms with Gasteiger partial charge in [-0.05, 0) is 0 Å². The zero-order chi connectivity index (χ0) is 13.4. The van der Waals surface area contributed by atoms with Gasteiger partial charge in [-0.1, -0.05) is 0 Å². The molecule has 0 amide bonds. The van der Waals surface area contributed by atoms with E-state index in [0.717, 1.165) is 0 Å². The number of alkyl halides is 3. The number of halogens is 3. The summed E-state index contributed by atoms with van der Waals surface area (Å²) in [5.74, 6) is 0. The molecule has 0 aliphatic carbocycles. The fourth-order valence-electron chi connectivity index (χ4n) is 1.12. The third-order valence-electron chi connectivity index (χ3n) is 2.00. The number of rotatable bonds is 3. The second-order valence-electron chi connectivity index (χ2n) is 3.20. The van der Waals surface area contributed by atoms with E-state index in [2.05, 4.69) is 8.92 Å². The van der Waals surface area contributed by atoms with Crippen LogP contribution >= 0.6 is 0 Å². The van der Waals surface area contributed by atoms with Crippen molar-refractivity contribution in [3.05, 3.63) is 0 Å². The van der Waals surface area contributed by atoms with Crippen molar-refractivity contribution < 1.29 is 45.8 Å². The summed E-state index contributed by atoms with van der Waals surface area (Å²) in [5.41, 5.74) is -5.67. The molecule has 0 spiro atoms. The summed E-state index contributed by atoms with van der Waals surface area (Å²) in [5, 5.41) is 26.9. The van der Waals surface area contributed by atoms with Gasteiger partial charge in [0.05, 0.1) is 6.61 Å². The van der Waals surface area contributed by atoms with Crippen LogP contribution in [0.3, 0.4) is 0 Å². The van der Waals surface area contributed by atoms with E-state index in [0.29, 0.717) is 0 Å². The van der Waals surface area contributed by atoms with Crippen molar-refractivity contribution in [2.75, 3.05) is 6.61 Å². The van der Waals surface area contributed by atoms with Gasteiger partial charge in [0.1, 0.15) is 18.3 Å². The Labute approximate surface area is 93.5 Å². The van der Waals surface area contributed by atoms with Crippen molar-refractivity contribution in [3.8, 4) is 0 Å². The molecule has 0 saturated carbocycles. The molecule has 102 valence electrons. The first-order valence-corrected chi connectivity index (χ1v) is 5.63. The number of hydrogen-bond acceptors (Lipinski definition) is 7. The smallest absolute Gasteiger partial charge is 0.394 e. The highest BCUT2D eigenvalue weighted by atomic mass is 32.2. The molecule has 0 aromatic carbocycles. The Morgan fingerprint density at radius 1 is 1.24 bits per heavy atom. The highest BCUT2D eigenvalue weighted by molar-refractivity contribution is 7.87. The van der Waals surface area contributed by atoms with Crippen LogP contribution in [0, 0.1) is 0 Å². The SMILES string of the molecule is O=S(=O)(OC1OC(CO)[C@H](O)[C@@H]1O)C(F)(F)F. The van der Waals surface area contributed by atoms with Crippen molar-refractivity contribution in [1.29, 1.82) is 0 Å². The molecule has 1 aliphatic rings. The van der Waals surface area contributed by atoms with Crippen LogP contribution in [0.1, 0.15) is 0 Å². The fourth-order valence-corrected chi connectivity index (χ4v) is 1.64. The van der Waals surface area contributed by atoms with Gasteiger partial charge < -0.3 is 20.1 Å². The molecule has 3 N–H and O–H groups in total. The molecule has 1 fully saturated rings. The minimum atomic E-state index is -5.95. The molecule has 1 rings (SSSR count). The first kappa shape index (κ1) is 14.6. The Morgan fingerprint density at radius 2 is 1.76 bits per heavy atom. The minimum Gasteiger partial charge on any atom is -0.394 e. The van der Waals surface area contributed by atoms with E-state index in [9.17, 15) is 21.6 Å². The van der Waals surface area contributed by atoms with Crippen LogP contribution in [0.25, 0.3) is 0 Å². The summed E-state index contributed by atoms with van der Waals surface area (Å²) in [4.78, 5) is 0. The van der Waals surface area contributed by atoms with Crippen LogP contribution in [-0.2, 0) is 19.0 Å². The van der Waals surface area contributed by atoms with Crippen LogP contribution in [0.5, 0.6) is 0 Å². The van der Waals surface area contributed by atoms with Crippen LogP contribution in [0.2, 0.25) is 0 Å². The van der Waals surface area contributed by atoms with E-state index in [-0.39, 0.29) is 0 Å². The normalized spacial score (nSPS) is 35.2. The van der Waals surface area contributed by atoms with E-state index in [1.165, 1.54) is 0 Å². The monoisotopic (exact) mass is 282 g/mol. The molecule has 2 unspecified atom stereocenters. The lowest BCUT2D eigenvalue weighted by Crippen LogP contribution is -2.37. The third-order valence-corrected chi connectivity index (χ3v) is 3.01. The van der Waals surface area contributed by atoms with Crippen molar-refractivity contribution in [2.45, 2.75) is 30.1 Å². The topological polar surface area (TPSA) is 113 Å². The second kappa shape index (κ2) is 4.66. The molecule has 1 aliphatic heterocycles. The lowest BCUT2D eigenvalue weighted by molar-refractivity contribution is -0.129. The highest BCUT2D eigenvalue weighted by Gasteiger charge is 2.53. The molecule has 11 heteroatoms. The largest absolute Gasteiger partial charge is 0.523 e. The van der Waals surface area contributed by atoms with Gasteiger partial charge in [-0.2, -0.15) is 21.6 Å². The average molecular weight is 282 g/mol. The zero-order valence-electron chi connectivity index (χ0n) is 8.03. The molecule has 0 aromatic rings. The van der Waals surface area contributed by atoms with Gasteiger partial charge in [0, 0.05) is 0 Å². The van der Waals surface area contributed by atoms with Gasteiger partial charge in [0.25, 0.3) is 0 Å². The lowest BCUT2D eigenvalue weighted by atomic mass is 10.1. The Kier molecular flexibility index (Phi) is 4.01. The first-order chi connectivity index (χ1) is 7.60. The summed E-state index contributed by atoms with van der Waals surface area (Å²) < 4.78 is 64.9. The van der Waals surface area contributed by atoms with Crippen molar-refractivity contribution in [1.82, 2.24) is 0 Å². The standard InChI is InChI=1S/C6H9F3O7S/c7-6(8,9)17(13,14)16-5-4(12)3(11)2(1-10)15-5/h2-5,10-12H,1H2/t2?,3-,4-,5?/m0/s1. The summed E-state index contributed by atoms with van der Waals surface area (Å²) in [6, 6.07) is 0. The maximum atomic E-state index is 11.9. The van der Waals surface area contributed by atoms with Crippen LogP contribution in [0.4, 0.5) is 13.2 Å². The highest BCUT2D eigenvalue weighted by Crippen LogP contribution is 2.30. The Morgan fingerprint density at radius 3 is 2.12 bits per heavy atom. The molecular formula is C6H9F3O7S. The van der Waals surface area contributed by atoms with Crippen molar-refractivity contribution in [3.63, 3.8) is 0 Å². The maximum absolute atomic E-state index is 11.9. The number of ether oxygens (including phenoxy) is 1. The Bertz CT molecular complexity index is 366. The van der Waals surface area contributed by atoms with Gasteiger partial charge in [0.2, 0.25) is 6.29 Å². The first-order valence-electron chi connectivity index (χ1n) is 4.22. The summed E-state index contributed by atoms with van der Waals surface area (Å²) >= 11 is 0. The van der Waals surface area contributed by atoms with E-state index in [4.69, 9.17) is 15.3 Å². The maximum Gasteiger partial charge on any atom is 0.523 e. The van der Waals surface area contributed by atoms with Gasteiger partial charge in [-0.15, -0.1) is 0 Å². The lowest BCUT2D eigenvalue weighted by Gasteiger charge is -2.16. The van der Waals surface area contributed by atoms with E-state index < -0.39 is 46.8 Å². The minimum absolute atomic E-state index is 0.815. The quantitative estimate of drug-likeness (QED) is 0.417. The molecule has 7 nitrogen and oxygen atoms in total. The molecule has 0 aromatic heterocycles. The predicted octanol–water partition coefficient (Wildman–Crippen LogP) is -1.71. The number of aliphatic hydroxyl groups excluding tert-OH is 3. The van der Waals surface area contributed by atoms with Crippen LogP contribution < -0.4 is 0 Å². The molecule has 4 atom stereocenters. The molecular weight excluding hydrogens is 273 g/mol. The predicted molar refractivity (Wildman–Crippen MR) is 43.8 cm³/mol.